The van der Waals surface area contributed by atoms with Crippen LogP contribution in [0.3, 0.4) is 0 Å². The first-order valence-corrected chi connectivity index (χ1v) is 9.67. The lowest BCUT2D eigenvalue weighted by Crippen LogP contribution is -2.06. The van der Waals surface area contributed by atoms with E-state index in [2.05, 4.69) is 4.52 Å². The molecule has 0 amide bonds. The van der Waals surface area contributed by atoms with Crippen molar-refractivity contribution in [2.45, 2.75) is 0 Å². The molecule has 0 aromatic heterocycles. The molecule has 10 heteroatoms. The van der Waals surface area contributed by atoms with E-state index < -0.39 is 15.0 Å². The maximum atomic E-state index is 10.5. The standard InChI is InChI=1S/C4H11N2O3PS.C2H7O2P/c1-10(7,8)9-2-3-11-4(5)6;1-5(2,3)4/h2-3H2,1H3,(H3,5,6)(H,7,8);1-2H3,(H,3,4). The van der Waals surface area contributed by atoms with E-state index in [1.54, 1.807) is 0 Å². The van der Waals surface area contributed by atoms with E-state index in [0.717, 1.165) is 18.4 Å². The average Bonchev–Trinajstić information content (AvgIpc) is 1.92. The van der Waals surface area contributed by atoms with Crippen LogP contribution >= 0.6 is 26.7 Å². The van der Waals surface area contributed by atoms with Crippen molar-refractivity contribution in [3.63, 3.8) is 0 Å². The molecule has 0 aromatic rings. The highest BCUT2D eigenvalue weighted by Crippen LogP contribution is 2.36. The molecule has 1 atom stereocenters. The lowest BCUT2D eigenvalue weighted by molar-refractivity contribution is 0.282. The lowest BCUT2D eigenvalue weighted by Gasteiger charge is -2.04. The van der Waals surface area contributed by atoms with Gasteiger partial charge in [0.05, 0.1) is 6.61 Å². The van der Waals surface area contributed by atoms with Crippen molar-refractivity contribution in [1.82, 2.24) is 0 Å². The van der Waals surface area contributed by atoms with Crippen molar-refractivity contribution in [3.8, 4) is 0 Å². The molecule has 5 N–H and O–H groups in total. The molecule has 0 aliphatic rings. The summed E-state index contributed by atoms with van der Waals surface area (Å²) in [5.41, 5.74) is 5.00. The number of rotatable bonds is 4. The highest BCUT2D eigenvalue weighted by atomic mass is 32.2. The molecule has 0 radical (unpaired) electrons. The summed E-state index contributed by atoms with van der Waals surface area (Å²) in [7, 11) is -5.99. The third-order valence-electron chi connectivity index (χ3n) is 0.672. The molecule has 0 heterocycles. The number of hydrogen-bond acceptors (Lipinski definition) is 5. The summed E-state index contributed by atoms with van der Waals surface area (Å²) in [6.45, 7) is 3.85. The average molecular weight is 292 g/mol. The van der Waals surface area contributed by atoms with Crippen LogP contribution in [0.2, 0.25) is 0 Å². The van der Waals surface area contributed by atoms with Crippen LogP contribution in [0.15, 0.2) is 0 Å². The fraction of sp³-hybridized carbons (Fsp3) is 0.833. The number of nitrogens with two attached hydrogens (primary N) is 1. The molecular weight excluding hydrogens is 274 g/mol. The minimum atomic E-state index is -3.35. The summed E-state index contributed by atoms with van der Waals surface area (Å²) in [6.07, 6.45) is 0. The van der Waals surface area contributed by atoms with E-state index in [-0.39, 0.29) is 11.8 Å². The Balaban J connectivity index is 0. The second-order valence-electron chi connectivity index (χ2n) is 3.14. The first-order chi connectivity index (χ1) is 6.92. The van der Waals surface area contributed by atoms with Gasteiger partial charge < -0.3 is 20.0 Å². The highest BCUT2D eigenvalue weighted by molar-refractivity contribution is 8.13. The number of hydrogen-bond donors (Lipinski definition) is 4. The van der Waals surface area contributed by atoms with Crippen LogP contribution in [0.25, 0.3) is 0 Å². The maximum Gasteiger partial charge on any atom is 0.325 e. The van der Waals surface area contributed by atoms with Crippen molar-refractivity contribution in [3.05, 3.63) is 0 Å². The van der Waals surface area contributed by atoms with Crippen molar-refractivity contribution in [2.75, 3.05) is 32.4 Å². The van der Waals surface area contributed by atoms with E-state index >= 15 is 0 Å². The van der Waals surface area contributed by atoms with Gasteiger partial charge in [0.25, 0.3) is 0 Å². The zero-order chi connectivity index (χ0) is 13.4. The van der Waals surface area contributed by atoms with Gasteiger partial charge in [0.2, 0.25) is 0 Å². The fourth-order valence-corrected chi connectivity index (χ4v) is 1.30. The second-order valence-corrected chi connectivity index (χ2v) is 8.73. The van der Waals surface area contributed by atoms with Crippen LogP contribution in [0.5, 0.6) is 0 Å². The summed E-state index contributed by atoms with van der Waals surface area (Å²) in [5.74, 6) is 0.424. The molecule has 0 aliphatic carbocycles. The second kappa shape index (κ2) is 8.28. The zero-order valence-electron chi connectivity index (χ0n) is 9.41. The lowest BCUT2D eigenvalue weighted by atomic mass is 10.9. The van der Waals surface area contributed by atoms with Gasteiger partial charge in [-0.05, 0) is 0 Å². The third kappa shape index (κ3) is 36.8. The highest BCUT2D eigenvalue weighted by Gasteiger charge is 2.08. The van der Waals surface area contributed by atoms with Gasteiger partial charge in [-0.1, -0.05) is 11.8 Å². The first kappa shape index (κ1) is 18.5. The van der Waals surface area contributed by atoms with Gasteiger partial charge in [-0.2, -0.15) is 0 Å². The molecule has 0 fully saturated rings. The molecule has 1 unspecified atom stereocenters. The summed E-state index contributed by atoms with van der Waals surface area (Å²) >= 11 is 1.08. The third-order valence-corrected chi connectivity index (χ3v) is 2.02. The molecule has 7 nitrogen and oxygen atoms in total. The van der Waals surface area contributed by atoms with Crippen molar-refractivity contribution >= 4 is 31.9 Å². The predicted molar refractivity (Wildman–Crippen MR) is 67.7 cm³/mol. The van der Waals surface area contributed by atoms with E-state index in [9.17, 15) is 9.13 Å². The summed E-state index contributed by atoms with van der Waals surface area (Å²) in [6, 6.07) is 0. The molecular formula is C6H18N2O5P2S. The number of amidine groups is 1. The van der Waals surface area contributed by atoms with Crippen LogP contribution < -0.4 is 5.73 Å². The SMILES string of the molecule is CP(=O)(O)OCCSC(=N)N.CP(C)(=O)O. The quantitative estimate of drug-likeness (QED) is 0.262. The Morgan fingerprint density at radius 1 is 1.38 bits per heavy atom. The van der Waals surface area contributed by atoms with Crippen LogP contribution in [-0.2, 0) is 13.7 Å². The van der Waals surface area contributed by atoms with E-state index in [1.807, 2.05) is 0 Å². The molecule has 0 spiro atoms. The zero-order valence-corrected chi connectivity index (χ0v) is 12.0. The first-order valence-electron chi connectivity index (χ1n) is 4.11. The molecule has 16 heavy (non-hydrogen) atoms. The Kier molecular flexibility index (Phi) is 9.59. The molecule has 0 saturated carbocycles. The van der Waals surface area contributed by atoms with Crippen molar-refractivity contribution in [1.29, 1.82) is 5.41 Å². The number of thioether (sulfide) groups is 1. The van der Waals surface area contributed by atoms with Gasteiger partial charge in [0, 0.05) is 25.7 Å². The molecule has 98 valence electrons. The van der Waals surface area contributed by atoms with Crippen LogP contribution in [0.4, 0.5) is 0 Å². The van der Waals surface area contributed by atoms with Gasteiger partial charge in [0.15, 0.2) is 12.5 Å². The maximum absolute atomic E-state index is 10.5. The predicted octanol–water partition coefficient (Wildman–Crippen LogP) is 0.961. The monoisotopic (exact) mass is 292 g/mol. The summed E-state index contributed by atoms with van der Waals surface area (Å²) in [4.78, 5) is 16.7. The van der Waals surface area contributed by atoms with Gasteiger partial charge in [-0.3, -0.25) is 14.5 Å². The van der Waals surface area contributed by atoms with Crippen LogP contribution in [0.1, 0.15) is 0 Å². The summed E-state index contributed by atoms with van der Waals surface area (Å²) in [5, 5.41) is 6.77. The Morgan fingerprint density at radius 3 is 2.00 bits per heavy atom. The largest absolute Gasteiger partial charge is 0.379 e. The molecule has 0 bridgehead atoms. The van der Waals surface area contributed by atoms with Gasteiger partial charge in [-0.15, -0.1) is 0 Å². The van der Waals surface area contributed by atoms with Crippen molar-refractivity contribution < 1.29 is 23.4 Å². The Morgan fingerprint density at radius 2 is 1.75 bits per heavy atom. The Bertz CT molecular complexity index is 291. The van der Waals surface area contributed by atoms with Gasteiger partial charge >= 0.3 is 7.60 Å². The Labute approximate surface area is 99.3 Å². The molecule has 0 aliphatic heterocycles. The van der Waals surface area contributed by atoms with E-state index in [4.69, 9.17) is 20.9 Å². The van der Waals surface area contributed by atoms with Gasteiger partial charge in [0.1, 0.15) is 0 Å². The minimum absolute atomic E-state index is 0.0162. The van der Waals surface area contributed by atoms with Crippen LogP contribution in [0, 0.1) is 5.41 Å². The number of nitrogens with one attached hydrogen (secondary N) is 1. The Hall–Kier alpha value is 0.160. The molecule has 0 saturated heterocycles. The minimum Gasteiger partial charge on any atom is -0.379 e. The van der Waals surface area contributed by atoms with E-state index in [1.165, 1.54) is 13.3 Å². The summed E-state index contributed by atoms with van der Waals surface area (Å²) < 4.78 is 24.8. The van der Waals surface area contributed by atoms with Crippen LogP contribution in [-0.4, -0.2) is 47.3 Å². The van der Waals surface area contributed by atoms with Crippen molar-refractivity contribution in [2.24, 2.45) is 5.73 Å². The topological polar surface area (TPSA) is 134 Å². The van der Waals surface area contributed by atoms with E-state index in [0.29, 0.717) is 5.75 Å². The van der Waals surface area contributed by atoms with Gasteiger partial charge in [-0.25, -0.2) is 0 Å². The normalized spacial score (nSPS) is 14.6. The molecule has 0 aromatic carbocycles. The smallest absolute Gasteiger partial charge is 0.325 e. The molecule has 0 rings (SSSR count). The fourth-order valence-electron chi connectivity index (χ4n) is 0.358.